The van der Waals surface area contributed by atoms with Gasteiger partial charge >= 0.3 is 12.1 Å². The van der Waals surface area contributed by atoms with Crippen LogP contribution >= 0.6 is 0 Å². The van der Waals surface area contributed by atoms with Crippen molar-refractivity contribution in [2.45, 2.75) is 96.4 Å². The van der Waals surface area contributed by atoms with Gasteiger partial charge in [-0.25, -0.2) is 14.6 Å². The predicted octanol–water partition coefficient (Wildman–Crippen LogP) is 4.96. The molecule has 2 saturated carbocycles. The Kier molecular flexibility index (Phi) is 7.89. The summed E-state index contributed by atoms with van der Waals surface area (Å²) in [6.45, 7) is 5.64. The number of carboxylic acid groups (broad SMARTS) is 1. The smallest absolute Gasteiger partial charge is 0.408 e. The van der Waals surface area contributed by atoms with Gasteiger partial charge in [-0.15, -0.1) is 0 Å². The number of carboxylic acids is 1. The highest BCUT2D eigenvalue weighted by Gasteiger charge is 2.54. The van der Waals surface area contributed by atoms with Crippen LogP contribution in [0.3, 0.4) is 0 Å². The first-order valence-corrected chi connectivity index (χ1v) is 15.7. The first kappa shape index (κ1) is 29.5. The van der Waals surface area contributed by atoms with Crippen LogP contribution in [-0.2, 0) is 20.7 Å². The number of methoxy groups -OCH3 is 1. The summed E-state index contributed by atoms with van der Waals surface area (Å²) in [6.07, 6.45) is 5.68. The molecule has 7 atom stereocenters. The number of aryl methyl sites for hydroxylation is 1. The fourth-order valence-corrected chi connectivity index (χ4v) is 7.43. The van der Waals surface area contributed by atoms with Crippen molar-refractivity contribution in [3.8, 4) is 11.6 Å². The average Bonchev–Trinajstić information content (AvgIpc) is 3.44. The second-order valence-corrected chi connectivity index (χ2v) is 13.9. The summed E-state index contributed by atoms with van der Waals surface area (Å²) in [5.41, 5.74) is 1.02. The number of rotatable bonds is 2. The topological polar surface area (TPSA) is 127 Å². The van der Waals surface area contributed by atoms with Crippen LogP contribution in [0.1, 0.15) is 71.3 Å². The maximum absolute atomic E-state index is 14.0. The van der Waals surface area contributed by atoms with Crippen LogP contribution in [0.5, 0.6) is 11.6 Å². The molecular formula is C33H43N3O7. The minimum absolute atomic E-state index is 0.0738. The highest BCUT2D eigenvalue weighted by Crippen LogP contribution is 2.57. The molecule has 4 aliphatic rings. The zero-order valence-electron chi connectivity index (χ0n) is 25.5. The molecule has 2 aliphatic heterocycles. The summed E-state index contributed by atoms with van der Waals surface area (Å²) in [5, 5.41) is 13.9. The number of nitrogens with zero attached hydrogens (tertiary/aromatic N) is 2. The lowest BCUT2D eigenvalue weighted by molar-refractivity contribution is -0.150. The molecule has 1 saturated heterocycles. The van der Waals surface area contributed by atoms with Crippen LogP contribution in [0.2, 0.25) is 0 Å². The predicted molar refractivity (Wildman–Crippen MR) is 159 cm³/mol. The Morgan fingerprint density at radius 2 is 1.88 bits per heavy atom. The van der Waals surface area contributed by atoms with Gasteiger partial charge in [-0.1, -0.05) is 33.6 Å². The van der Waals surface area contributed by atoms with Gasteiger partial charge < -0.3 is 29.5 Å². The maximum Gasteiger partial charge on any atom is 0.408 e. The molecule has 2 aliphatic carbocycles. The fraction of sp³-hybridized carbons (Fsp3) is 0.636. The number of aromatic nitrogens is 1. The number of amides is 2. The molecule has 0 spiro atoms. The monoisotopic (exact) mass is 593 g/mol. The number of alkyl carbamates (subject to hydrolysis) is 1. The van der Waals surface area contributed by atoms with E-state index in [1.54, 1.807) is 7.11 Å². The van der Waals surface area contributed by atoms with E-state index in [-0.39, 0.29) is 19.1 Å². The molecule has 1 unspecified atom stereocenters. The van der Waals surface area contributed by atoms with Crippen molar-refractivity contribution in [2.75, 3.05) is 13.7 Å². The molecule has 2 N–H and O–H groups in total. The minimum Gasteiger partial charge on any atom is -0.497 e. The van der Waals surface area contributed by atoms with E-state index >= 15 is 0 Å². The van der Waals surface area contributed by atoms with Crippen LogP contribution < -0.4 is 14.8 Å². The largest absolute Gasteiger partial charge is 0.497 e. The Morgan fingerprint density at radius 3 is 2.63 bits per heavy atom. The molecule has 10 nitrogen and oxygen atoms in total. The number of benzene rings is 1. The molecule has 43 heavy (non-hydrogen) atoms. The summed E-state index contributed by atoms with van der Waals surface area (Å²) >= 11 is 0. The number of carbonyl (C=O) groups is 3. The molecule has 2 aromatic rings. The van der Waals surface area contributed by atoms with E-state index in [4.69, 9.17) is 19.2 Å². The van der Waals surface area contributed by atoms with Gasteiger partial charge in [-0.05, 0) is 73.5 Å². The standard InChI is InChI=1S/C33H43N3O7/c1-33(2,3)28-30(37)36-17-22(16-26(36)31(38)39)42-29-19(12-18-10-11-21(41-4)15-25(18)34-29)8-6-5-7-9-23-24-13-20(24)14-27(23)43-32(40)35-28/h10-12,15,20,22-24,26-28H,5-9,13-14,16-17H2,1-4H3,(H,35,40)(H,38,39)/t20?,22-,23-,24+,26+,27-,28-/m1/s1. The Balaban J connectivity index is 1.33. The lowest BCUT2D eigenvalue weighted by atomic mass is 9.85. The summed E-state index contributed by atoms with van der Waals surface area (Å²) in [6, 6.07) is 5.80. The van der Waals surface area contributed by atoms with Crippen molar-refractivity contribution in [1.29, 1.82) is 0 Å². The molecule has 10 heteroatoms. The van der Waals surface area contributed by atoms with Gasteiger partial charge in [-0.3, -0.25) is 4.79 Å². The molecule has 1 aromatic heterocycles. The van der Waals surface area contributed by atoms with E-state index < -0.39 is 41.6 Å². The van der Waals surface area contributed by atoms with E-state index in [0.29, 0.717) is 29.4 Å². The van der Waals surface area contributed by atoms with Gasteiger partial charge in [0.15, 0.2) is 0 Å². The van der Waals surface area contributed by atoms with Crippen LogP contribution in [0.15, 0.2) is 24.3 Å². The number of ether oxygens (including phenoxy) is 3. The third kappa shape index (κ3) is 6.10. The first-order valence-electron chi connectivity index (χ1n) is 15.7. The molecular weight excluding hydrogens is 550 g/mol. The van der Waals surface area contributed by atoms with Gasteiger partial charge in [0.1, 0.15) is 30.0 Å². The van der Waals surface area contributed by atoms with Crippen molar-refractivity contribution < 1.29 is 33.7 Å². The number of fused-ring (bicyclic) bond motifs is 7. The number of hydrogen-bond acceptors (Lipinski definition) is 7. The second kappa shape index (κ2) is 11.5. The molecule has 232 valence electrons. The third-order valence-electron chi connectivity index (χ3n) is 9.83. The minimum atomic E-state index is -1.11. The van der Waals surface area contributed by atoms with Crippen molar-refractivity contribution >= 4 is 28.9 Å². The van der Waals surface area contributed by atoms with Crippen LogP contribution in [0.4, 0.5) is 4.79 Å². The van der Waals surface area contributed by atoms with Crippen molar-refractivity contribution in [3.05, 3.63) is 29.8 Å². The van der Waals surface area contributed by atoms with Gasteiger partial charge in [0, 0.05) is 23.4 Å². The fourth-order valence-electron chi connectivity index (χ4n) is 7.43. The number of pyridine rings is 1. The van der Waals surface area contributed by atoms with E-state index in [2.05, 4.69) is 11.4 Å². The summed E-state index contributed by atoms with van der Waals surface area (Å²) in [7, 11) is 1.61. The maximum atomic E-state index is 14.0. The number of hydrogen-bond donors (Lipinski definition) is 2. The zero-order valence-corrected chi connectivity index (χ0v) is 25.5. The summed E-state index contributed by atoms with van der Waals surface area (Å²) in [4.78, 5) is 45.8. The second-order valence-electron chi connectivity index (χ2n) is 13.9. The number of nitrogens with one attached hydrogen (secondary N) is 1. The quantitative estimate of drug-likeness (QED) is 0.500. The first-order chi connectivity index (χ1) is 20.5. The van der Waals surface area contributed by atoms with Crippen molar-refractivity contribution in [2.24, 2.45) is 23.2 Å². The highest BCUT2D eigenvalue weighted by atomic mass is 16.6. The van der Waals surface area contributed by atoms with E-state index in [1.807, 2.05) is 39.0 Å². The Hall–Kier alpha value is -3.56. The Labute approximate surface area is 252 Å². The SMILES string of the molecule is COc1ccc2cc3c(nc2c1)O[C@@H]1C[C@@H](C(=O)O)N(C1)C(=O)[C@H](C(C)(C)C)NC(=O)O[C@@H]1CC2C[C@@H]2[C@H]1CCCCC3. The van der Waals surface area contributed by atoms with Gasteiger partial charge in [-0.2, -0.15) is 0 Å². The molecule has 3 heterocycles. The molecule has 3 fully saturated rings. The van der Waals surface area contributed by atoms with Crippen LogP contribution in [-0.4, -0.2) is 70.9 Å². The van der Waals surface area contributed by atoms with Gasteiger partial charge in [0.05, 0.1) is 19.2 Å². The summed E-state index contributed by atoms with van der Waals surface area (Å²) < 4.78 is 17.8. The number of aliphatic carboxylic acids is 1. The van der Waals surface area contributed by atoms with Crippen LogP contribution in [0.25, 0.3) is 10.9 Å². The zero-order chi connectivity index (χ0) is 30.5. The van der Waals surface area contributed by atoms with Gasteiger partial charge in [0.25, 0.3) is 0 Å². The van der Waals surface area contributed by atoms with Gasteiger partial charge in [0.2, 0.25) is 11.8 Å². The van der Waals surface area contributed by atoms with E-state index in [1.165, 1.54) is 11.3 Å². The molecule has 6 rings (SSSR count). The summed E-state index contributed by atoms with van der Waals surface area (Å²) in [5.74, 6) is 1.17. The molecule has 1 aromatic carbocycles. The van der Waals surface area contributed by atoms with Crippen molar-refractivity contribution in [3.63, 3.8) is 0 Å². The van der Waals surface area contributed by atoms with Crippen LogP contribution in [0, 0.1) is 23.2 Å². The van der Waals surface area contributed by atoms with Crippen molar-refractivity contribution in [1.82, 2.24) is 15.2 Å². The van der Waals surface area contributed by atoms with E-state index in [0.717, 1.165) is 55.0 Å². The molecule has 2 bridgehead atoms. The highest BCUT2D eigenvalue weighted by molar-refractivity contribution is 5.90. The lowest BCUT2D eigenvalue weighted by Crippen LogP contribution is -2.57. The Bertz CT molecular complexity index is 1400. The van der Waals surface area contributed by atoms with E-state index in [9.17, 15) is 19.5 Å². The lowest BCUT2D eigenvalue weighted by Gasteiger charge is -2.35. The molecule has 2 amide bonds. The third-order valence-corrected chi connectivity index (χ3v) is 9.83. The normalized spacial score (nSPS) is 31.4. The number of carbonyl (C=O) groups excluding carboxylic acids is 2. The Morgan fingerprint density at radius 1 is 1.07 bits per heavy atom. The molecule has 0 radical (unpaired) electrons. The average molecular weight is 594 g/mol.